The topological polar surface area (TPSA) is 21.7 Å². The number of nitrogens with zero attached hydrogens (tertiary/aromatic N) is 1. The van der Waals surface area contributed by atoms with Gasteiger partial charge in [0.2, 0.25) is 0 Å². The molecule has 2 aromatic carbocycles. The molecule has 5 heteroatoms. The fraction of sp³-hybridized carbons (Fsp3) is 0.200. The molecule has 0 radical (unpaired) electrons. The summed E-state index contributed by atoms with van der Waals surface area (Å²) >= 11 is 3.44. The van der Waals surface area contributed by atoms with Crippen molar-refractivity contribution in [2.75, 3.05) is 19.1 Å². The lowest BCUT2D eigenvalue weighted by atomic mass is 10.1. The lowest BCUT2D eigenvalue weighted by molar-refractivity contribution is 0.412. The average Bonchev–Trinajstić information content (AvgIpc) is 2.65. The molecule has 0 unspecified atom stereocenters. The molecule has 0 saturated heterocycles. The summed E-state index contributed by atoms with van der Waals surface area (Å²) in [6, 6.07) is 13.1. The molecule has 0 heterocycles. The molecule has 0 aliphatic carbocycles. The van der Waals surface area contributed by atoms with E-state index in [1.807, 2.05) is 49.4 Å². The van der Waals surface area contributed by atoms with Gasteiger partial charge < -0.3 is 14.4 Å². The first kappa shape index (κ1) is 19.1. The van der Waals surface area contributed by atoms with Crippen LogP contribution in [0, 0.1) is 0 Å². The van der Waals surface area contributed by atoms with E-state index in [-0.39, 0.29) is 0 Å². The summed E-state index contributed by atoms with van der Waals surface area (Å²) in [6.07, 6.45) is 1.68. The first-order valence-electron chi connectivity index (χ1n) is 7.85. The lowest BCUT2D eigenvalue weighted by Gasteiger charge is -2.30. The molecule has 0 amide bonds. The summed E-state index contributed by atoms with van der Waals surface area (Å²) in [5.41, 5.74) is 1.91. The molecule has 0 saturated carbocycles. The molecule has 2 aromatic rings. The smallest absolute Gasteiger partial charge is 0.143 e. The maximum absolute atomic E-state index is 14.6. The van der Waals surface area contributed by atoms with E-state index in [4.69, 9.17) is 9.47 Å². The fourth-order valence-corrected chi connectivity index (χ4v) is 2.96. The second-order valence-electron chi connectivity index (χ2n) is 5.18. The summed E-state index contributed by atoms with van der Waals surface area (Å²) in [5, 5.41) is 0. The highest BCUT2D eigenvalue weighted by atomic mass is 79.9. The van der Waals surface area contributed by atoms with Gasteiger partial charge in [0.1, 0.15) is 17.3 Å². The van der Waals surface area contributed by atoms with E-state index in [0.29, 0.717) is 29.3 Å². The number of hydrogen-bond donors (Lipinski definition) is 0. The zero-order chi connectivity index (χ0) is 18.4. The van der Waals surface area contributed by atoms with Crippen molar-refractivity contribution >= 4 is 27.3 Å². The number of hydrogen-bond acceptors (Lipinski definition) is 3. The van der Waals surface area contributed by atoms with E-state index in [1.54, 1.807) is 19.1 Å². The average molecular weight is 406 g/mol. The van der Waals surface area contributed by atoms with Crippen LogP contribution in [-0.2, 0) is 0 Å². The number of rotatable bonds is 7. The highest BCUT2D eigenvalue weighted by Gasteiger charge is 2.23. The second kappa shape index (κ2) is 8.72. The van der Waals surface area contributed by atoms with Crippen LogP contribution in [0.3, 0.4) is 0 Å². The Kier molecular flexibility index (Phi) is 6.65. The zero-order valence-electron chi connectivity index (χ0n) is 14.6. The normalized spacial score (nSPS) is 11.6. The first-order chi connectivity index (χ1) is 12.1. The van der Waals surface area contributed by atoms with Gasteiger partial charge in [-0.2, -0.15) is 0 Å². The Morgan fingerprint density at radius 2 is 1.76 bits per heavy atom. The standard InChI is InChI=1S/C20H21BrFNO2/c1-5-15(22)16(6-2)23(17-9-7-8-10-19(17)24-3)18-12-11-14(21)13-20(18)25-4/h5,7-13H,1,6H2,2-4H3/b16-15-. The van der Waals surface area contributed by atoms with Gasteiger partial charge in [0.25, 0.3) is 0 Å². The molecule has 2 rings (SSSR count). The molecule has 0 aliphatic heterocycles. The molecule has 0 N–H and O–H groups in total. The van der Waals surface area contributed by atoms with E-state index in [2.05, 4.69) is 22.5 Å². The summed E-state index contributed by atoms with van der Waals surface area (Å²) < 4.78 is 26.5. The van der Waals surface area contributed by atoms with Crippen molar-refractivity contribution in [1.82, 2.24) is 0 Å². The molecule has 0 aliphatic rings. The number of allylic oxidation sites excluding steroid dienone is 3. The van der Waals surface area contributed by atoms with Crippen LogP contribution >= 0.6 is 15.9 Å². The van der Waals surface area contributed by atoms with Crippen LogP contribution in [0.15, 0.2) is 71.1 Å². The molecular formula is C20H21BrFNO2. The first-order valence-corrected chi connectivity index (χ1v) is 8.64. The van der Waals surface area contributed by atoms with E-state index in [0.717, 1.165) is 10.2 Å². The van der Waals surface area contributed by atoms with Gasteiger partial charge >= 0.3 is 0 Å². The Morgan fingerprint density at radius 1 is 1.12 bits per heavy atom. The molecule has 0 aromatic heterocycles. The highest BCUT2D eigenvalue weighted by Crippen LogP contribution is 2.43. The van der Waals surface area contributed by atoms with Gasteiger partial charge in [-0.05, 0) is 42.8 Å². The van der Waals surface area contributed by atoms with Crippen molar-refractivity contribution in [2.45, 2.75) is 13.3 Å². The van der Waals surface area contributed by atoms with Crippen LogP contribution in [0.1, 0.15) is 13.3 Å². The molecule has 0 spiro atoms. The highest BCUT2D eigenvalue weighted by molar-refractivity contribution is 9.10. The number of halogens is 2. The molecule has 25 heavy (non-hydrogen) atoms. The third kappa shape index (κ3) is 4.04. The largest absolute Gasteiger partial charge is 0.495 e. The molecule has 3 nitrogen and oxygen atoms in total. The van der Waals surface area contributed by atoms with Crippen molar-refractivity contribution < 1.29 is 13.9 Å². The van der Waals surface area contributed by atoms with Crippen LogP contribution < -0.4 is 14.4 Å². The second-order valence-corrected chi connectivity index (χ2v) is 6.09. The summed E-state index contributed by atoms with van der Waals surface area (Å²) in [7, 11) is 3.18. The maximum atomic E-state index is 14.6. The Balaban J connectivity index is 2.80. The molecular weight excluding hydrogens is 385 g/mol. The van der Waals surface area contributed by atoms with Gasteiger partial charge in [0.15, 0.2) is 0 Å². The van der Waals surface area contributed by atoms with Gasteiger partial charge in [-0.1, -0.05) is 41.6 Å². The minimum atomic E-state index is -0.390. The summed E-state index contributed by atoms with van der Waals surface area (Å²) in [4.78, 5) is 1.81. The summed E-state index contributed by atoms with van der Waals surface area (Å²) in [6.45, 7) is 5.46. The summed E-state index contributed by atoms with van der Waals surface area (Å²) in [5.74, 6) is 0.858. The van der Waals surface area contributed by atoms with E-state index >= 15 is 0 Å². The number of ether oxygens (including phenoxy) is 2. The molecule has 0 bridgehead atoms. The third-order valence-electron chi connectivity index (χ3n) is 3.77. The van der Waals surface area contributed by atoms with Crippen LogP contribution in [0.2, 0.25) is 0 Å². The van der Waals surface area contributed by atoms with Crippen LogP contribution in [0.25, 0.3) is 0 Å². The van der Waals surface area contributed by atoms with Gasteiger partial charge in [0.05, 0.1) is 31.3 Å². The minimum absolute atomic E-state index is 0.390. The van der Waals surface area contributed by atoms with Crippen molar-refractivity contribution in [2.24, 2.45) is 0 Å². The molecule has 0 atom stereocenters. The number of benzene rings is 2. The Labute approximate surface area is 156 Å². The predicted octanol–water partition coefficient (Wildman–Crippen LogP) is 6.38. The van der Waals surface area contributed by atoms with E-state index in [9.17, 15) is 4.39 Å². The predicted molar refractivity (Wildman–Crippen MR) is 104 cm³/mol. The SMILES string of the molecule is C=C/C(F)=C(\CC)N(c1ccccc1OC)c1ccc(Br)cc1OC. The van der Waals surface area contributed by atoms with Crippen molar-refractivity contribution in [3.05, 3.63) is 71.1 Å². The molecule has 132 valence electrons. The van der Waals surface area contributed by atoms with Crippen LogP contribution in [0.5, 0.6) is 11.5 Å². The van der Waals surface area contributed by atoms with E-state index in [1.165, 1.54) is 6.08 Å². The van der Waals surface area contributed by atoms with Crippen LogP contribution in [0.4, 0.5) is 15.8 Å². The minimum Gasteiger partial charge on any atom is -0.495 e. The zero-order valence-corrected chi connectivity index (χ0v) is 16.1. The quantitative estimate of drug-likeness (QED) is 0.498. The van der Waals surface area contributed by atoms with Gasteiger partial charge in [-0.25, -0.2) is 4.39 Å². The van der Waals surface area contributed by atoms with Gasteiger partial charge in [-0.3, -0.25) is 0 Å². The van der Waals surface area contributed by atoms with Crippen molar-refractivity contribution in [3.8, 4) is 11.5 Å². The van der Waals surface area contributed by atoms with Gasteiger partial charge in [0, 0.05) is 4.47 Å². The number of anilines is 2. The lowest BCUT2D eigenvalue weighted by Crippen LogP contribution is -2.18. The Hall–Kier alpha value is -2.27. The van der Waals surface area contributed by atoms with Crippen molar-refractivity contribution in [3.63, 3.8) is 0 Å². The monoisotopic (exact) mass is 405 g/mol. The number of para-hydroxylation sites is 2. The third-order valence-corrected chi connectivity index (χ3v) is 4.26. The van der Waals surface area contributed by atoms with Crippen molar-refractivity contribution in [1.29, 1.82) is 0 Å². The van der Waals surface area contributed by atoms with Crippen LogP contribution in [-0.4, -0.2) is 14.2 Å². The van der Waals surface area contributed by atoms with E-state index < -0.39 is 5.83 Å². The maximum Gasteiger partial charge on any atom is 0.143 e. The molecule has 0 fully saturated rings. The number of methoxy groups -OCH3 is 2. The Morgan fingerprint density at radius 3 is 2.36 bits per heavy atom. The van der Waals surface area contributed by atoms with Gasteiger partial charge in [-0.15, -0.1) is 0 Å². The Bertz CT molecular complexity index is 789. The fourth-order valence-electron chi connectivity index (χ4n) is 2.62.